The van der Waals surface area contributed by atoms with E-state index in [1.54, 1.807) is 39.0 Å². The highest BCUT2D eigenvalue weighted by Gasteiger charge is 2.46. The van der Waals surface area contributed by atoms with Crippen LogP contribution in [-0.4, -0.2) is 83.0 Å². The van der Waals surface area contributed by atoms with Crippen molar-refractivity contribution < 1.29 is 33.4 Å². The third-order valence-electron chi connectivity index (χ3n) is 11.2. The molecule has 4 aromatic rings. The monoisotopic (exact) mass is 882 g/mol. The standard InChI is InChI=1S/C49H56Cl2N4O7/c1-31(2)25-43(45(57)52-28-33-20-22-41(50)42(51)26-33)54(24-23-35(56)21-19-32-13-7-6-8-14-32)46(58)44-27-34(53-47(59)62-49(3,4)5)29-55(44)48(60)61-30-40-38-17-11-9-15-36(38)37-16-10-12-18-39(37)40/h6-18,20,22,26,31,34,40,43-44H,19,21,23-25,27-30H2,1-5H3,(H,52,57)(H,53,59)/t34-,43-,44+/m1/s1. The Balaban J connectivity index is 1.28. The summed E-state index contributed by atoms with van der Waals surface area (Å²) in [7, 11) is 0. The molecule has 2 aliphatic rings. The third-order valence-corrected chi connectivity index (χ3v) is 11.9. The number of carbonyl (C=O) groups is 5. The molecule has 13 heteroatoms. The number of benzene rings is 4. The van der Waals surface area contributed by atoms with E-state index in [0.717, 1.165) is 27.8 Å². The second-order valence-electron chi connectivity index (χ2n) is 17.5. The molecule has 1 saturated heterocycles. The van der Waals surface area contributed by atoms with Gasteiger partial charge in [0, 0.05) is 38.4 Å². The zero-order valence-electron chi connectivity index (χ0n) is 36.0. The van der Waals surface area contributed by atoms with Crippen LogP contribution in [0, 0.1) is 5.92 Å². The van der Waals surface area contributed by atoms with Crippen LogP contribution in [0.1, 0.15) is 88.5 Å². The maximum atomic E-state index is 15.2. The van der Waals surface area contributed by atoms with Crippen molar-refractivity contribution in [2.75, 3.05) is 19.7 Å². The van der Waals surface area contributed by atoms with Crippen molar-refractivity contribution in [3.05, 3.63) is 129 Å². The van der Waals surface area contributed by atoms with E-state index in [4.69, 9.17) is 32.7 Å². The predicted molar refractivity (Wildman–Crippen MR) is 241 cm³/mol. The number of Topliss-reactive ketones (excluding diaryl/α,β-unsaturated/α-hetero) is 1. The van der Waals surface area contributed by atoms with Gasteiger partial charge < -0.3 is 25.0 Å². The molecule has 2 N–H and O–H groups in total. The maximum Gasteiger partial charge on any atom is 0.410 e. The molecule has 328 valence electrons. The summed E-state index contributed by atoms with van der Waals surface area (Å²) >= 11 is 12.4. The number of ether oxygens (including phenoxy) is 2. The fourth-order valence-corrected chi connectivity index (χ4v) is 8.54. The van der Waals surface area contributed by atoms with Crippen molar-refractivity contribution in [2.45, 2.75) is 103 Å². The minimum absolute atomic E-state index is 0.00943. The predicted octanol–water partition coefficient (Wildman–Crippen LogP) is 9.36. The fourth-order valence-electron chi connectivity index (χ4n) is 8.22. The molecule has 1 aliphatic heterocycles. The number of hydrogen-bond acceptors (Lipinski definition) is 7. The Bertz CT molecular complexity index is 2200. The lowest BCUT2D eigenvalue weighted by molar-refractivity contribution is -0.144. The first-order chi connectivity index (χ1) is 29.6. The number of alkyl carbamates (subject to hydrolysis) is 1. The number of hydrogen-bond donors (Lipinski definition) is 2. The highest BCUT2D eigenvalue weighted by molar-refractivity contribution is 6.42. The number of likely N-dealkylation sites (tertiary alicyclic amines) is 1. The maximum absolute atomic E-state index is 15.2. The topological polar surface area (TPSA) is 134 Å². The second kappa shape index (κ2) is 20.7. The van der Waals surface area contributed by atoms with Gasteiger partial charge in [-0.3, -0.25) is 19.3 Å². The summed E-state index contributed by atoms with van der Waals surface area (Å²) < 4.78 is 11.6. The largest absolute Gasteiger partial charge is 0.448 e. The summed E-state index contributed by atoms with van der Waals surface area (Å²) in [4.78, 5) is 73.1. The molecular formula is C49H56Cl2N4O7. The molecule has 1 fully saturated rings. The minimum Gasteiger partial charge on any atom is -0.448 e. The van der Waals surface area contributed by atoms with Crippen LogP contribution in [0.25, 0.3) is 11.1 Å². The van der Waals surface area contributed by atoms with Gasteiger partial charge in [-0.1, -0.05) is 122 Å². The molecule has 0 unspecified atom stereocenters. The number of fused-ring (bicyclic) bond motifs is 3. The number of ketones is 1. The highest BCUT2D eigenvalue weighted by Crippen LogP contribution is 2.44. The number of nitrogens with one attached hydrogen (secondary N) is 2. The molecule has 62 heavy (non-hydrogen) atoms. The minimum atomic E-state index is -1.14. The smallest absolute Gasteiger partial charge is 0.410 e. The van der Waals surface area contributed by atoms with E-state index in [2.05, 4.69) is 10.6 Å². The van der Waals surface area contributed by atoms with Crippen molar-refractivity contribution in [1.29, 1.82) is 0 Å². The van der Waals surface area contributed by atoms with E-state index in [-0.39, 0.29) is 69.5 Å². The quantitative estimate of drug-likeness (QED) is 0.115. The number of rotatable bonds is 16. The Kier molecular flexibility index (Phi) is 15.4. The van der Waals surface area contributed by atoms with Crippen LogP contribution in [0.3, 0.4) is 0 Å². The van der Waals surface area contributed by atoms with Gasteiger partial charge in [0.05, 0.1) is 16.1 Å². The summed E-state index contributed by atoms with van der Waals surface area (Å²) in [6.45, 7) is 9.15. The summed E-state index contributed by atoms with van der Waals surface area (Å²) in [5.41, 5.74) is 5.14. The molecule has 11 nitrogen and oxygen atoms in total. The van der Waals surface area contributed by atoms with Gasteiger partial charge >= 0.3 is 12.2 Å². The first-order valence-corrected chi connectivity index (χ1v) is 22.0. The molecule has 0 spiro atoms. The molecule has 6 rings (SSSR count). The number of amides is 4. The summed E-state index contributed by atoms with van der Waals surface area (Å²) in [6.07, 6.45) is -0.352. The zero-order valence-corrected chi connectivity index (χ0v) is 37.5. The van der Waals surface area contributed by atoms with Gasteiger partial charge in [0.25, 0.3) is 0 Å². The molecule has 0 aromatic heterocycles. The van der Waals surface area contributed by atoms with Crippen LogP contribution in [-0.2, 0) is 36.8 Å². The Morgan fingerprint density at radius 1 is 0.823 bits per heavy atom. The number of nitrogens with zero attached hydrogens (tertiary/aromatic N) is 2. The molecule has 0 radical (unpaired) electrons. The molecule has 1 aliphatic carbocycles. The van der Waals surface area contributed by atoms with Crippen molar-refractivity contribution >= 4 is 53.0 Å². The molecular weight excluding hydrogens is 827 g/mol. The Hall–Kier alpha value is -5.39. The van der Waals surface area contributed by atoms with E-state index in [9.17, 15) is 19.2 Å². The Labute approximate surface area is 374 Å². The van der Waals surface area contributed by atoms with Crippen LogP contribution < -0.4 is 10.6 Å². The average molecular weight is 884 g/mol. The number of halogens is 2. The van der Waals surface area contributed by atoms with E-state index >= 15 is 4.79 Å². The van der Waals surface area contributed by atoms with Crippen LogP contribution in [0.4, 0.5) is 9.59 Å². The van der Waals surface area contributed by atoms with E-state index in [1.165, 1.54) is 9.80 Å². The SMILES string of the molecule is CC(C)C[C@H](C(=O)NCc1ccc(Cl)c(Cl)c1)N(CCC(=O)CCc1ccccc1)C(=O)[C@@H]1C[C@@H](NC(=O)OC(C)(C)C)CN1C(=O)OCC1c2ccccc2-c2ccccc21. The summed E-state index contributed by atoms with van der Waals surface area (Å²) in [5.74, 6) is -1.30. The van der Waals surface area contributed by atoms with Gasteiger partial charge in [-0.15, -0.1) is 0 Å². The Morgan fingerprint density at radius 3 is 2.10 bits per heavy atom. The van der Waals surface area contributed by atoms with E-state index < -0.39 is 47.7 Å². The molecule has 1 heterocycles. The van der Waals surface area contributed by atoms with Crippen molar-refractivity contribution in [3.8, 4) is 11.1 Å². The van der Waals surface area contributed by atoms with Gasteiger partial charge in [0.1, 0.15) is 30.1 Å². The van der Waals surface area contributed by atoms with Crippen molar-refractivity contribution in [3.63, 3.8) is 0 Å². The molecule has 3 atom stereocenters. The summed E-state index contributed by atoms with van der Waals surface area (Å²) in [6, 6.07) is 27.9. The molecule has 4 amide bonds. The van der Waals surface area contributed by atoms with Gasteiger partial charge in [-0.2, -0.15) is 0 Å². The van der Waals surface area contributed by atoms with E-state index in [1.807, 2.05) is 92.7 Å². The zero-order chi connectivity index (χ0) is 44.6. The van der Waals surface area contributed by atoms with Gasteiger partial charge in [-0.25, -0.2) is 9.59 Å². The Morgan fingerprint density at radius 2 is 1.47 bits per heavy atom. The number of carbonyl (C=O) groups excluding carboxylic acids is 5. The fraction of sp³-hybridized carbons (Fsp3) is 0.408. The van der Waals surface area contributed by atoms with Crippen LogP contribution in [0.15, 0.2) is 97.1 Å². The first-order valence-electron chi connectivity index (χ1n) is 21.3. The lowest BCUT2D eigenvalue weighted by Gasteiger charge is -2.35. The average Bonchev–Trinajstić information content (AvgIpc) is 3.80. The van der Waals surface area contributed by atoms with Gasteiger partial charge in [-0.05, 0) is 91.5 Å². The molecule has 4 aromatic carbocycles. The number of aryl methyl sites for hydroxylation is 1. The lowest BCUT2D eigenvalue weighted by atomic mass is 9.98. The normalized spacial score (nSPS) is 16.3. The molecule has 0 bridgehead atoms. The van der Waals surface area contributed by atoms with Crippen molar-refractivity contribution in [2.24, 2.45) is 5.92 Å². The van der Waals surface area contributed by atoms with Crippen LogP contribution in [0.2, 0.25) is 10.0 Å². The van der Waals surface area contributed by atoms with Crippen LogP contribution in [0.5, 0.6) is 0 Å². The first kappa shape index (κ1) is 46.1. The van der Waals surface area contributed by atoms with Gasteiger partial charge in [0.2, 0.25) is 11.8 Å². The second-order valence-corrected chi connectivity index (χ2v) is 18.3. The highest BCUT2D eigenvalue weighted by atomic mass is 35.5. The van der Waals surface area contributed by atoms with Gasteiger partial charge in [0.15, 0.2) is 0 Å². The molecule has 0 saturated carbocycles. The summed E-state index contributed by atoms with van der Waals surface area (Å²) in [5, 5.41) is 6.54. The van der Waals surface area contributed by atoms with E-state index in [0.29, 0.717) is 22.0 Å². The van der Waals surface area contributed by atoms with Crippen LogP contribution >= 0.6 is 23.2 Å². The van der Waals surface area contributed by atoms with Crippen molar-refractivity contribution in [1.82, 2.24) is 20.4 Å². The third kappa shape index (κ3) is 11.9. The lowest BCUT2D eigenvalue weighted by Crippen LogP contribution is -2.56.